The van der Waals surface area contributed by atoms with Crippen LogP contribution in [0.25, 0.3) is 0 Å². The fourth-order valence-electron chi connectivity index (χ4n) is 2.07. The minimum absolute atomic E-state index is 0.309. The molecule has 2 N–H and O–H groups in total. The Morgan fingerprint density at radius 1 is 1.15 bits per heavy atom. The zero-order chi connectivity index (χ0) is 14.7. The van der Waals surface area contributed by atoms with Gasteiger partial charge in [0.15, 0.2) is 0 Å². The molecule has 0 aliphatic carbocycles. The van der Waals surface area contributed by atoms with Crippen LogP contribution in [0.2, 0.25) is 0 Å². The molecule has 2 aromatic carbocycles. The number of carbonyl (C=O) groups is 1. The topological polar surface area (TPSA) is 49.3 Å². The van der Waals surface area contributed by atoms with E-state index in [4.69, 9.17) is 5.11 Å². The van der Waals surface area contributed by atoms with Crippen molar-refractivity contribution in [3.63, 3.8) is 0 Å². The molecule has 104 valence electrons. The van der Waals surface area contributed by atoms with E-state index in [9.17, 15) is 4.79 Å². The molecule has 0 fully saturated rings. The first kappa shape index (κ1) is 14.1. The Bertz CT molecular complexity index is 633. The number of nitrogens with one attached hydrogen (secondary N) is 1. The molecule has 0 saturated heterocycles. The third-order valence-electron chi connectivity index (χ3n) is 3.31. The average molecular weight is 269 g/mol. The van der Waals surface area contributed by atoms with Gasteiger partial charge in [-0.05, 0) is 54.3 Å². The molecule has 0 bridgehead atoms. The van der Waals surface area contributed by atoms with Gasteiger partial charge in [-0.15, -0.1) is 0 Å². The third kappa shape index (κ3) is 3.18. The lowest BCUT2D eigenvalue weighted by atomic mass is 10.0. The van der Waals surface area contributed by atoms with Gasteiger partial charge in [0.1, 0.15) is 0 Å². The van der Waals surface area contributed by atoms with Crippen LogP contribution in [0, 0.1) is 6.92 Å². The summed E-state index contributed by atoms with van der Waals surface area (Å²) in [5.74, 6) is -0.423. The van der Waals surface area contributed by atoms with Crippen LogP contribution in [0.4, 0.5) is 11.4 Å². The van der Waals surface area contributed by atoms with E-state index in [0.717, 1.165) is 16.9 Å². The third-order valence-corrected chi connectivity index (χ3v) is 3.31. The van der Waals surface area contributed by atoms with Gasteiger partial charge in [0.2, 0.25) is 0 Å². The Balaban J connectivity index is 2.26. The number of rotatable bonds is 4. The summed E-state index contributed by atoms with van der Waals surface area (Å²) in [6.07, 6.45) is 0. The van der Waals surface area contributed by atoms with E-state index < -0.39 is 5.97 Å². The van der Waals surface area contributed by atoms with Crippen LogP contribution in [0.5, 0.6) is 0 Å². The first-order valence-electron chi connectivity index (χ1n) is 6.68. The number of aromatic carboxylic acids is 1. The highest BCUT2D eigenvalue weighted by molar-refractivity contribution is 5.88. The maximum Gasteiger partial charge on any atom is 0.335 e. The van der Waals surface area contributed by atoms with Gasteiger partial charge in [0.25, 0.3) is 0 Å². The van der Waals surface area contributed by atoms with Crippen molar-refractivity contribution in [1.29, 1.82) is 0 Å². The van der Waals surface area contributed by atoms with Gasteiger partial charge in [-0.3, -0.25) is 0 Å². The minimum Gasteiger partial charge on any atom is -0.478 e. The fraction of sp³-hybridized carbons (Fsp3) is 0.235. The number of anilines is 2. The SMILES string of the molecule is Cc1cc(C(=O)O)ccc1Nc1cccc(C(C)C)c1. The van der Waals surface area contributed by atoms with Gasteiger partial charge < -0.3 is 10.4 Å². The summed E-state index contributed by atoms with van der Waals surface area (Å²) in [5.41, 5.74) is 4.44. The average Bonchev–Trinajstić information content (AvgIpc) is 2.41. The summed E-state index contributed by atoms with van der Waals surface area (Å²) in [7, 11) is 0. The fourth-order valence-corrected chi connectivity index (χ4v) is 2.07. The summed E-state index contributed by atoms with van der Waals surface area (Å²) >= 11 is 0. The Morgan fingerprint density at radius 2 is 1.90 bits per heavy atom. The van der Waals surface area contributed by atoms with Crippen molar-refractivity contribution >= 4 is 17.3 Å². The van der Waals surface area contributed by atoms with E-state index in [1.165, 1.54) is 5.56 Å². The number of aryl methyl sites for hydroxylation is 1. The molecule has 20 heavy (non-hydrogen) atoms. The van der Waals surface area contributed by atoms with Gasteiger partial charge in [0.05, 0.1) is 5.56 Å². The van der Waals surface area contributed by atoms with Crippen molar-refractivity contribution in [2.75, 3.05) is 5.32 Å². The van der Waals surface area contributed by atoms with Gasteiger partial charge in [-0.1, -0.05) is 26.0 Å². The monoisotopic (exact) mass is 269 g/mol. The first-order valence-corrected chi connectivity index (χ1v) is 6.68. The number of hydrogen-bond acceptors (Lipinski definition) is 2. The van der Waals surface area contributed by atoms with E-state index in [1.54, 1.807) is 18.2 Å². The standard InChI is InChI=1S/C17H19NO2/c1-11(2)13-5-4-6-15(10-13)18-16-8-7-14(17(19)20)9-12(16)3/h4-11,18H,1-3H3,(H,19,20). The van der Waals surface area contributed by atoms with Gasteiger partial charge in [0, 0.05) is 11.4 Å². The van der Waals surface area contributed by atoms with Gasteiger partial charge >= 0.3 is 5.97 Å². The molecule has 0 saturated carbocycles. The van der Waals surface area contributed by atoms with Crippen LogP contribution in [-0.2, 0) is 0 Å². The molecule has 0 atom stereocenters. The number of hydrogen-bond donors (Lipinski definition) is 2. The molecule has 3 nitrogen and oxygen atoms in total. The molecule has 3 heteroatoms. The molecule has 0 spiro atoms. The molecule has 0 aromatic heterocycles. The highest BCUT2D eigenvalue weighted by Gasteiger charge is 2.06. The highest BCUT2D eigenvalue weighted by Crippen LogP contribution is 2.24. The zero-order valence-corrected chi connectivity index (χ0v) is 12.0. The molecular weight excluding hydrogens is 250 g/mol. The lowest BCUT2D eigenvalue weighted by molar-refractivity contribution is 0.0697. The highest BCUT2D eigenvalue weighted by atomic mass is 16.4. The van der Waals surface area contributed by atoms with Crippen molar-refractivity contribution in [3.8, 4) is 0 Å². The van der Waals surface area contributed by atoms with Crippen LogP contribution in [0.15, 0.2) is 42.5 Å². The maximum absolute atomic E-state index is 10.9. The van der Waals surface area contributed by atoms with Crippen molar-refractivity contribution in [1.82, 2.24) is 0 Å². The van der Waals surface area contributed by atoms with Crippen LogP contribution in [-0.4, -0.2) is 11.1 Å². The Morgan fingerprint density at radius 3 is 2.50 bits per heavy atom. The number of benzene rings is 2. The predicted molar refractivity (Wildman–Crippen MR) is 82.0 cm³/mol. The van der Waals surface area contributed by atoms with Gasteiger partial charge in [-0.2, -0.15) is 0 Å². The molecule has 0 amide bonds. The van der Waals surface area contributed by atoms with Crippen LogP contribution in [0.1, 0.15) is 41.3 Å². The summed E-state index contributed by atoms with van der Waals surface area (Å²) in [6, 6.07) is 13.4. The van der Waals surface area contributed by atoms with E-state index >= 15 is 0 Å². The quantitative estimate of drug-likeness (QED) is 0.855. The summed E-state index contributed by atoms with van der Waals surface area (Å²) in [4.78, 5) is 10.9. The van der Waals surface area contributed by atoms with Gasteiger partial charge in [-0.25, -0.2) is 4.79 Å². The van der Waals surface area contributed by atoms with Crippen molar-refractivity contribution in [3.05, 3.63) is 59.2 Å². The number of carboxylic acid groups (broad SMARTS) is 1. The second-order valence-corrected chi connectivity index (χ2v) is 5.24. The van der Waals surface area contributed by atoms with Crippen molar-refractivity contribution in [2.24, 2.45) is 0 Å². The second-order valence-electron chi connectivity index (χ2n) is 5.24. The van der Waals surface area contributed by atoms with E-state index in [1.807, 2.05) is 19.1 Å². The lowest BCUT2D eigenvalue weighted by Crippen LogP contribution is -1.99. The molecule has 0 aliphatic rings. The smallest absolute Gasteiger partial charge is 0.335 e. The summed E-state index contributed by atoms with van der Waals surface area (Å²) in [5, 5.41) is 12.3. The van der Waals surface area contributed by atoms with Crippen molar-refractivity contribution in [2.45, 2.75) is 26.7 Å². The first-order chi connectivity index (χ1) is 9.47. The molecule has 2 rings (SSSR count). The zero-order valence-electron chi connectivity index (χ0n) is 12.0. The molecule has 0 radical (unpaired) electrons. The predicted octanol–water partition coefficient (Wildman–Crippen LogP) is 4.56. The van der Waals surface area contributed by atoms with E-state index in [0.29, 0.717) is 11.5 Å². The Kier molecular flexibility index (Phi) is 4.08. The molecular formula is C17H19NO2. The molecule has 0 heterocycles. The normalized spacial score (nSPS) is 10.6. The van der Waals surface area contributed by atoms with Crippen molar-refractivity contribution < 1.29 is 9.90 Å². The maximum atomic E-state index is 10.9. The largest absolute Gasteiger partial charge is 0.478 e. The molecule has 2 aromatic rings. The molecule has 0 aliphatic heterocycles. The van der Waals surface area contributed by atoms with E-state index in [-0.39, 0.29) is 0 Å². The summed E-state index contributed by atoms with van der Waals surface area (Å²) < 4.78 is 0. The lowest BCUT2D eigenvalue weighted by Gasteiger charge is -2.12. The van der Waals surface area contributed by atoms with Crippen LogP contribution >= 0.6 is 0 Å². The Labute approximate surface area is 119 Å². The molecule has 0 unspecified atom stereocenters. The Hall–Kier alpha value is -2.29. The minimum atomic E-state index is -0.901. The summed E-state index contributed by atoms with van der Waals surface area (Å²) in [6.45, 7) is 6.22. The van der Waals surface area contributed by atoms with E-state index in [2.05, 4.69) is 31.3 Å². The number of carboxylic acids is 1. The van der Waals surface area contributed by atoms with Crippen LogP contribution in [0.3, 0.4) is 0 Å². The second kappa shape index (κ2) is 5.78. The van der Waals surface area contributed by atoms with Crippen LogP contribution < -0.4 is 5.32 Å².